The quantitative estimate of drug-likeness (QED) is 0.555. The van der Waals surface area contributed by atoms with E-state index in [4.69, 9.17) is 4.74 Å². The first-order valence-electron chi connectivity index (χ1n) is 4.19. The van der Waals surface area contributed by atoms with Gasteiger partial charge in [0.2, 0.25) is 0 Å². The second kappa shape index (κ2) is 2.17. The van der Waals surface area contributed by atoms with Crippen LogP contribution in [0.1, 0.15) is 20.3 Å². The van der Waals surface area contributed by atoms with Gasteiger partial charge in [-0.2, -0.15) is 0 Å². The van der Waals surface area contributed by atoms with Crippen molar-refractivity contribution in [3.8, 4) is 0 Å². The standard InChI is InChI=1S/C8H13F2NO/c1-7(2)11-5-8(9,10)3-6(11)4-12-7/h6H,3-5H2,1-2H3/t6-/m1/s1. The van der Waals surface area contributed by atoms with Crippen LogP contribution in [0.15, 0.2) is 0 Å². The smallest absolute Gasteiger partial charge is 0.262 e. The number of halogens is 2. The monoisotopic (exact) mass is 177 g/mol. The fourth-order valence-corrected chi connectivity index (χ4v) is 2.06. The number of alkyl halides is 2. The maximum Gasteiger partial charge on any atom is 0.262 e. The van der Waals surface area contributed by atoms with Crippen LogP contribution in [0.5, 0.6) is 0 Å². The highest BCUT2D eigenvalue weighted by atomic mass is 19.3. The number of fused-ring (bicyclic) bond motifs is 1. The maximum atomic E-state index is 12.9. The van der Waals surface area contributed by atoms with Crippen molar-refractivity contribution in [3.63, 3.8) is 0 Å². The van der Waals surface area contributed by atoms with Gasteiger partial charge >= 0.3 is 0 Å². The van der Waals surface area contributed by atoms with Crippen LogP contribution in [0.2, 0.25) is 0 Å². The Labute approximate surface area is 70.5 Å². The molecular weight excluding hydrogens is 164 g/mol. The van der Waals surface area contributed by atoms with Crippen molar-refractivity contribution in [2.45, 2.75) is 38.0 Å². The van der Waals surface area contributed by atoms with E-state index in [0.29, 0.717) is 6.61 Å². The summed E-state index contributed by atoms with van der Waals surface area (Å²) in [5.41, 5.74) is -0.495. The number of rotatable bonds is 0. The van der Waals surface area contributed by atoms with Gasteiger partial charge in [0.05, 0.1) is 13.2 Å². The van der Waals surface area contributed by atoms with E-state index < -0.39 is 11.6 Å². The molecule has 2 nitrogen and oxygen atoms in total. The molecule has 0 amide bonds. The van der Waals surface area contributed by atoms with Gasteiger partial charge in [-0.15, -0.1) is 0 Å². The lowest BCUT2D eigenvalue weighted by Gasteiger charge is -2.28. The molecule has 0 bridgehead atoms. The van der Waals surface area contributed by atoms with Crippen LogP contribution in [0.4, 0.5) is 8.78 Å². The Hall–Kier alpha value is -0.220. The van der Waals surface area contributed by atoms with Gasteiger partial charge in [0.15, 0.2) is 0 Å². The van der Waals surface area contributed by atoms with Crippen LogP contribution in [0.3, 0.4) is 0 Å². The largest absolute Gasteiger partial charge is 0.359 e. The Balaban J connectivity index is 2.17. The molecule has 0 aromatic heterocycles. The predicted molar refractivity (Wildman–Crippen MR) is 40.1 cm³/mol. The van der Waals surface area contributed by atoms with E-state index in [2.05, 4.69) is 0 Å². The first-order valence-corrected chi connectivity index (χ1v) is 4.19. The zero-order chi connectivity index (χ0) is 8.98. The van der Waals surface area contributed by atoms with Crippen molar-refractivity contribution in [2.75, 3.05) is 13.2 Å². The number of hydrogen-bond acceptors (Lipinski definition) is 2. The van der Waals surface area contributed by atoms with Crippen LogP contribution < -0.4 is 0 Å². The number of nitrogens with zero attached hydrogens (tertiary/aromatic N) is 1. The Morgan fingerprint density at radius 1 is 1.42 bits per heavy atom. The van der Waals surface area contributed by atoms with Gasteiger partial charge in [0.25, 0.3) is 5.92 Å². The molecular formula is C8H13F2NO. The topological polar surface area (TPSA) is 12.5 Å². The molecule has 2 fully saturated rings. The summed E-state index contributed by atoms with van der Waals surface area (Å²) in [5, 5.41) is 0. The van der Waals surface area contributed by atoms with Gasteiger partial charge in [-0.25, -0.2) is 8.78 Å². The highest BCUT2D eigenvalue weighted by Crippen LogP contribution is 2.41. The minimum absolute atomic E-state index is 0.0452. The lowest BCUT2D eigenvalue weighted by molar-refractivity contribution is -0.0799. The summed E-state index contributed by atoms with van der Waals surface area (Å²) in [6.45, 7) is 3.98. The van der Waals surface area contributed by atoms with Crippen molar-refractivity contribution >= 4 is 0 Å². The second-order valence-corrected chi connectivity index (χ2v) is 4.10. The molecule has 0 saturated carbocycles. The first kappa shape index (κ1) is 8.38. The van der Waals surface area contributed by atoms with E-state index in [1.165, 1.54) is 0 Å². The molecule has 70 valence electrons. The van der Waals surface area contributed by atoms with Crippen molar-refractivity contribution in [1.29, 1.82) is 0 Å². The fraction of sp³-hybridized carbons (Fsp3) is 1.00. The predicted octanol–water partition coefficient (Wildman–Crippen LogP) is 1.46. The zero-order valence-corrected chi connectivity index (χ0v) is 7.31. The summed E-state index contributed by atoms with van der Waals surface area (Å²) in [6, 6.07) is -0.0741. The molecule has 0 aromatic rings. The fourth-order valence-electron chi connectivity index (χ4n) is 2.06. The minimum Gasteiger partial charge on any atom is -0.359 e. The van der Waals surface area contributed by atoms with E-state index in [1.807, 2.05) is 13.8 Å². The molecule has 0 N–H and O–H groups in total. The molecule has 0 radical (unpaired) electrons. The van der Waals surface area contributed by atoms with Crippen molar-refractivity contribution in [1.82, 2.24) is 4.90 Å². The van der Waals surface area contributed by atoms with Gasteiger partial charge in [0, 0.05) is 12.5 Å². The molecule has 0 spiro atoms. The van der Waals surface area contributed by atoms with Crippen LogP contribution in [0.25, 0.3) is 0 Å². The van der Waals surface area contributed by atoms with Gasteiger partial charge in [-0.3, -0.25) is 4.90 Å². The van der Waals surface area contributed by atoms with E-state index in [0.717, 1.165) is 0 Å². The second-order valence-electron chi connectivity index (χ2n) is 4.10. The number of ether oxygens (including phenoxy) is 1. The molecule has 2 rings (SSSR count). The summed E-state index contributed by atoms with van der Waals surface area (Å²) in [7, 11) is 0. The SMILES string of the molecule is CC1(C)OC[C@H]2CC(F)(F)CN21. The normalized spacial score (nSPS) is 38.5. The third-order valence-corrected chi connectivity index (χ3v) is 2.70. The summed E-state index contributed by atoms with van der Waals surface area (Å²) in [5.74, 6) is -2.51. The van der Waals surface area contributed by atoms with Crippen molar-refractivity contribution < 1.29 is 13.5 Å². The van der Waals surface area contributed by atoms with Crippen LogP contribution >= 0.6 is 0 Å². The molecule has 0 aromatic carbocycles. The van der Waals surface area contributed by atoms with Crippen molar-refractivity contribution in [2.24, 2.45) is 0 Å². The van der Waals surface area contributed by atoms with Gasteiger partial charge in [0.1, 0.15) is 5.72 Å². The summed E-state index contributed by atoms with van der Waals surface area (Å²) in [6.07, 6.45) is -0.0452. The summed E-state index contributed by atoms with van der Waals surface area (Å²) in [4.78, 5) is 1.76. The van der Waals surface area contributed by atoms with Gasteiger partial charge in [-0.1, -0.05) is 0 Å². The Bertz CT molecular complexity index is 205. The van der Waals surface area contributed by atoms with Crippen LogP contribution in [-0.2, 0) is 4.74 Å². The maximum absolute atomic E-state index is 12.9. The molecule has 1 atom stereocenters. The highest BCUT2D eigenvalue weighted by Gasteiger charge is 2.53. The third kappa shape index (κ3) is 1.13. The van der Waals surface area contributed by atoms with Crippen LogP contribution in [-0.4, -0.2) is 35.7 Å². The Morgan fingerprint density at radius 3 is 2.67 bits per heavy atom. The lowest BCUT2D eigenvalue weighted by atomic mass is 10.2. The lowest BCUT2D eigenvalue weighted by Crippen LogP contribution is -2.41. The van der Waals surface area contributed by atoms with E-state index >= 15 is 0 Å². The molecule has 2 aliphatic heterocycles. The summed E-state index contributed by atoms with van der Waals surface area (Å²) < 4.78 is 31.2. The molecule has 0 unspecified atom stereocenters. The number of hydrogen-bond donors (Lipinski definition) is 0. The summed E-state index contributed by atoms with van der Waals surface area (Å²) >= 11 is 0. The minimum atomic E-state index is -2.51. The molecule has 12 heavy (non-hydrogen) atoms. The molecule has 2 heterocycles. The van der Waals surface area contributed by atoms with E-state index in [1.54, 1.807) is 4.90 Å². The molecule has 2 aliphatic rings. The third-order valence-electron chi connectivity index (χ3n) is 2.70. The molecule has 2 saturated heterocycles. The first-order chi connectivity index (χ1) is 5.41. The average Bonchev–Trinajstić information content (AvgIpc) is 2.31. The van der Waals surface area contributed by atoms with E-state index in [-0.39, 0.29) is 19.0 Å². The average molecular weight is 177 g/mol. The molecule has 0 aliphatic carbocycles. The highest BCUT2D eigenvalue weighted by molar-refractivity contribution is 4.98. The zero-order valence-electron chi connectivity index (χ0n) is 7.31. The van der Waals surface area contributed by atoms with Gasteiger partial charge in [-0.05, 0) is 13.8 Å². The van der Waals surface area contributed by atoms with Crippen molar-refractivity contribution in [3.05, 3.63) is 0 Å². The van der Waals surface area contributed by atoms with Gasteiger partial charge < -0.3 is 4.74 Å². The molecule has 4 heteroatoms. The Kier molecular flexibility index (Phi) is 1.52. The Morgan fingerprint density at radius 2 is 2.08 bits per heavy atom. The van der Waals surface area contributed by atoms with Crippen LogP contribution in [0, 0.1) is 0 Å². The van der Waals surface area contributed by atoms with E-state index in [9.17, 15) is 8.78 Å².